The Bertz CT molecular complexity index is 1540. The number of aromatic nitrogens is 2. The second-order valence-electron chi connectivity index (χ2n) is 13.7. The lowest BCUT2D eigenvalue weighted by Gasteiger charge is -2.41. The van der Waals surface area contributed by atoms with Gasteiger partial charge in [-0.2, -0.15) is 18.4 Å². The third-order valence-corrected chi connectivity index (χ3v) is 8.59. The fourth-order valence-corrected chi connectivity index (χ4v) is 5.77. The normalized spacial score (nSPS) is 16.4. The molecule has 0 aliphatic carbocycles. The molecule has 52 heavy (non-hydrogen) atoms. The van der Waals surface area contributed by atoms with Gasteiger partial charge in [0.2, 0.25) is 11.7 Å². The summed E-state index contributed by atoms with van der Waals surface area (Å²) in [5, 5.41) is 19.9. The molecular weight excluding hydrogens is 683 g/mol. The summed E-state index contributed by atoms with van der Waals surface area (Å²) in [6, 6.07) is 9.67. The number of urea groups is 1. The molecule has 2 fully saturated rings. The van der Waals surface area contributed by atoms with Crippen molar-refractivity contribution in [1.29, 1.82) is 5.26 Å². The van der Waals surface area contributed by atoms with Gasteiger partial charge in [-0.25, -0.2) is 19.6 Å². The molecule has 2 saturated heterocycles. The van der Waals surface area contributed by atoms with Gasteiger partial charge in [0, 0.05) is 51.9 Å². The molecule has 2 aromatic rings. The molecule has 17 heteroatoms. The SMILES string of the molecule is CC(C)(C)OC(=O)NCCOCCNC(=O)NCCC1CCN(c2cc(N3CC[C@H]3C(=O)NCCc3ccc(C#N)cc3)nc(C(F)(F)F)n2)CC1. The molecule has 0 unspecified atom stereocenters. The Morgan fingerprint density at radius 2 is 1.54 bits per heavy atom. The number of hydrogen-bond acceptors (Lipinski definition) is 10. The van der Waals surface area contributed by atoms with E-state index in [4.69, 9.17) is 14.7 Å². The summed E-state index contributed by atoms with van der Waals surface area (Å²) >= 11 is 0. The molecule has 4 N–H and O–H groups in total. The van der Waals surface area contributed by atoms with E-state index in [1.165, 1.54) is 6.07 Å². The number of anilines is 2. The van der Waals surface area contributed by atoms with Crippen LogP contribution in [0.4, 0.5) is 34.4 Å². The third-order valence-electron chi connectivity index (χ3n) is 8.59. The predicted octanol–water partition coefficient (Wildman–Crippen LogP) is 3.75. The van der Waals surface area contributed by atoms with E-state index < -0.39 is 29.7 Å². The van der Waals surface area contributed by atoms with Gasteiger partial charge in [0.1, 0.15) is 23.3 Å². The average Bonchev–Trinajstić information content (AvgIpc) is 3.06. The maximum absolute atomic E-state index is 13.9. The summed E-state index contributed by atoms with van der Waals surface area (Å²) in [5.41, 5.74) is 0.917. The maximum atomic E-state index is 13.9. The lowest BCUT2D eigenvalue weighted by atomic mass is 9.93. The minimum atomic E-state index is -4.76. The van der Waals surface area contributed by atoms with E-state index in [0.717, 1.165) is 5.56 Å². The summed E-state index contributed by atoms with van der Waals surface area (Å²) in [5.74, 6) is -1.02. The molecule has 0 radical (unpaired) electrons. The zero-order valence-corrected chi connectivity index (χ0v) is 29.9. The first-order chi connectivity index (χ1) is 24.7. The second-order valence-corrected chi connectivity index (χ2v) is 13.7. The van der Waals surface area contributed by atoms with Crippen molar-refractivity contribution in [3.63, 3.8) is 0 Å². The summed E-state index contributed by atoms with van der Waals surface area (Å²) in [6.45, 7) is 8.61. The first-order valence-corrected chi connectivity index (χ1v) is 17.5. The number of benzene rings is 1. The van der Waals surface area contributed by atoms with Gasteiger partial charge in [-0.3, -0.25) is 4.79 Å². The van der Waals surface area contributed by atoms with Gasteiger partial charge in [0.05, 0.1) is 24.8 Å². The average molecular weight is 732 g/mol. The van der Waals surface area contributed by atoms with E-state index in [-0.39, 0.29) is 49.3 Å². The second kappa shape index (κ2) is 18.6. The van der Waals surface area contributed by atoms with Crippen LogP contribution in [0.15, 0.2) is 30.3 Å². The molecular formula is C35H48F3N9O5. The van der Waals surface area contributed by atoms with Gasteiger partial charge in [0.25, 0.3) is 0 Å². The number of piperidine rings is 1. The van der Waals surface area contributed by atoms with Gasteiger partial charge >= 0.3 is 18.3 Å². The van der Waals surface area contributed by atoms with Gasteiger partial charge in [-0.15, -0.1) is 0 Å². The van der Waals surface area contributed by atoms with Crippen molar-refractivity contribution in [2.75, 3.05) is 68.8 Å². The Labute approximate surface area is 301 Å². The van der Waals surface area contributed by atoms with E-state index in [1.54, 1.807) is 37.8 Å². The lowest BCUT2D eigenvalue weighted by Crippen LogP contribution is -2.57. The molecule has 0 saturated carbocycles. The molecule has 14 nitrogen and oxygen atoms in total. The molecule has 4 rings (SSSR count). The van der Waals surface area contributed by atoms with Gasteiger partial charge in [-0.05, 0) is 76.5 Å². The predicted molar refractivity (Wildman–Crippen MR) is 187 cm³/mol. The number of hydrogen-bond donors (Lipinski definition) is 4. The van der Waals surface area contributed by atoms with Crippen LogP contribution in [-0.2, 0) is 26.9 Å². The minimum absolute atomic E-state index is 0.0658. The highest BCUT2D eigenvalue weighted by Gasteiger charge is 2.40. The van der Waals surface area contributed by atoms with E-state index in [1.807, 2.05) is 17.0 Å². The van der Waals surface area contributed by atoms with E-state index in [2.05, 4.69) is 37.3 Å². The number of nitrogens with one attached hydrogen (secondary N) is 4. The number of alkyl halides is 3. The van der Waals surface area contributed by atoms with Crippen LogP contribution in [0.25, 0.3) is 0 Å². The van der Waals surface area contributed by atoms with Crippen molar-refractivity contribution >= 4 is 29.7 Å². The van der Waals surface area contributed by atoms with Gasteiger partial charge in [-0.1, -0.05) is 12.1 Å². The summed E-state index contributed by atoms with van der Waals surface area (Å²) in [6.07, 6.45) is -2.11. The number of carbonyl (C=O) groups is 3. The highest BCUT2D eigenvalue weighted by Crippen LogP contribution is 2.34. The standard InChI is InChI=1S/C35H48F3N9O5/c1-34(2,3)52-33(50)43-16-21-51-20-15-42-32(49)41-14-9-25-10-17-46(18-11-25)28-22-29(45-31(44-28)35(36,37)38)47-19-12-27(47)30(48)40-13-8-24-4-6-26(23-39)7-5-24/h4-7,22,25,27H,8-21H2,1-3H3,(H,40,48)(H,43,50)(H2,41,42,49)/t27-/m0/s1. The zero-order valence-electron chi connectivity index (χ0n) is 29.9. The molecule has 2 aliphatic heterocycles. The van der Waals surface area contributed by atoms with Crippen molar-refractivity contribution in [1.82, 2.24) is 31.2 Å². The topological polar surface area (TPSA) is 174 Å². The van der Waals surface area contributed by atoms with Crippen LogP contribution < -0.4 is 31.1 Å². The number of carbonyl (C=O) groups excluding carboxylic acids is 3. The number of nitrogens with zero attached hydrogens (tertiary/aromatic N) is 5. The fourth-order valence-electron chi connectivity index (χ4n) is 5.77. The number of ether oxygens (including phenoxy) is 2. The van der Waals surface area contributed by atoms with Crippen molar-refractivity contribution in [3.8, 4) is 6.07 Å². The maximum Gasteiger partial charge on any atom is 0.451 e. The lowest BCUT2D eigenvalue weighted by molar-refractivity contribution is -0.144. The monoisotopic (exact) mass is 731 g/mol. The number of rotatable bonds is 15. The quantitative estimate of drug-likeness (QED) is 0.198. The molecule has 1 aromatic carbocycles. The van der Waals surface area contributed by atoms with E-state index in [0.29, 0.717) is 76.9 Å². The first-order valence-electron chi connectivity index (χ1n) is 17.5. The van der Waals surface area contributed by atoms with Crippen molar-refractivity contribution in [2.45, 2.75) is 70.7 Å². The Balaban J connectivity index is 1.17. The van der Waals surface area contributed by atoms with Crippen LogP contribution in [0.1, 0.15) is 63.4 Å². The highest BCUT2D eigenvalue weighted by molar-refractivity contribution is 5.86. The zero-order chi connectivity index (χ0) is 37.7. The van der Waals surface area contributed by atoms with Gasteiger partial charge < -0.3 is 40.5 Å². The summed E-state index contributed by atoms with van der Waals surface area (Å²) in [7, 11) is 0. The Morgan fingerprint density at radius 3 is 2.15 bits per heavy atom. The van der Waals surface area contributed by atoms with E-state index in [9.17, 15) is 27.6 Å². The molecule has 2 aliphatic rings. The fraction of sp³-hybridized carbons (Fsp3) is 0.600. The number of amides is 4. The number of nitriles is 1. The Hall–Kier alpha value is -4.85. The van der Waals surface area contributed by atoms with Gasteiger partial charge in [0.15, 0.2) is 0 Å². The molecule has 0 spiro atoms. The first kappa shape index (κ1) is 39.9. The summed E-state index contributed by atoms with van der Waals surface area (Å²) in [4.78, 5) is 47.8. The minimum Gasteiger partial charge on any atom is -0.444 e. The van der Waals surface area contributed by atoms with Crippen LogP contribution in [0.2, 0.25) is 0 Å². The van der Waals surface area contributed by atoms with E-state index >= 15 is 0 Å². The molecule has 3 heterocycles. The molecule has 0 bridgehead atoms. The molecule has 1 atom stereocenters. The number of halogens is 3. The van der Waals surface area contributed by atoms with Crippen LogP contribution >= 0.6 is 0 Å². The van der Waals surface area contributed by atoms with Crippen LogP contribution in [0.5, 0.6) is 0 Å². The third kappa shape index (κ3) is 12.7. The molecule has 1 aromatic heterocycles. The Morgan fingerprint density at radius 1 is 0.885 bits per heavy atom. The van der Waals surface area contributed by atoms with Crippen LogP contribution in [-0.4, -0.2) is 98.7 Å². The van der Waals surface area contributed by atoms with Crippen molar-refractivity contribution in [3.05, 3.63) is 47.3 Å². The van der Waals surface area contributed by atoms with Crippen LogP contribution in [0, 0.1) is 17.2 Å². The summed E-state index contributed by atoms with van der Waals surface area (Å²) < 4.78 is 52.2. The largest absolute Gasteiger partial charge is 0.451 e. The van der Waals surface area contributed by atoms with Crippen LogP contribution in [0.3, 0.4) is 0 Å². The Kier molecular flexibility index (Phi) is 14.3. The highest BCUT2D eigenvalue weighted by atomic mass is 19.4. The smallest absolute Gasteiger partial charge is 0.444 e. The molecule has 4 amide bonds. The van der Waals surface area contributed by atoms with Crippen molar-refractivity contribution < 1.29 is 37.0 Å². The van der Waals surface area contributed by atoms with Crippen molar-refractivity contribution in [2.24, 2.45) is 5.92 Å². The number of alkyl carbamates (subject to hydrolysis) is 1. The molecule has 284 valence electrons.